The lowest BCUT2D eigenvalue weighted by atomic mass is 10.0. The number of anilines is 1. The lowest BCUT2D eigenvalue weighted by Crippen LogP contribution is -2.37. The van der Waals surface area contributed by atoms with Crippen molar-refractivity contribution in [3.05, 3.63) is 18.0 Å². The molecule has 2 saturated heterocycles. The minimum atomic E-state index is -0.492. The molecule has 0 spiro atoms. The zero-order chi connectivity index (χ0) is 17.2. The molecular weight excluding hydrogens is 324 g/mol. The average Bonchev–Trinajstić information content (AvgIpc) is 3.33. The number of fused-ring (bicyclic) bond motifs is 1. The first-order valence-electron chi connectivity index (χ1n) is 8.93. The van der Waals surface area contributed by atoms with Gasteiger partial charge in [0.25, 0.3) is 0 Å². The maximum Gasteiger partial charge on any atom is 0.243 e. The molecule has 4 unspecified atom stereocenters. The van der Waals surface area contributed by atoms with E-state index in [0.29, 0.717) is 25.1 Å². The van der Waals surface area contributed by atoms with Crippen molar-refractivity contribution in [1.82, 2.24) is 9.97 Å². The van der Waals surface area contributed by atoms with Crippen molar-refractivity contribution < 1.29 is 19.0 Å². The summed E-state index contributed by atoms with van der Waals surface area (Å²) in [5, 5.41) is 3.34. The molecule has 1 amide bonds. The Hall–Kier alpha value is -1.77. The minimum absolute atomic E-state index is 0.0361. The van der Waals surface area contributed by atoms with Crippen LogP contribution in [0.4, 0.5) is 5.95 Å². The van der Waals surface area contributed by atoms with Gasteiger partial charge < -0.3 is 25.3 Å². The smallest absolute Gasteiger partial charge is 0.243 e. The summed E-state index contributed by atoms with van der Waals surface area (Å²) in [6, 6.07) is 1.97. The molecule has 4 rings (SSSR count). The van der Waals surface area contributed by atoms with E-state index in [9.17, 15) is 4.79 Å². The number of nitrogens with two attached hydrogens (primary N) is 1. The van der Waals surface area contributed by atoms with Crippen molar-refractivity contribution >= 4 is 11.9 Å². The number of hydrogen-bond donors (Lipinski definition) is 2. The lowest BCUT2D eigenvalue weighted by molar-refractivity contribution is -0.126. The molecule has 8 heteroatoms. The molecule has 3 heterocycles. The van der Waals surface area contributed by atoms with E-state index < -0.39 is 5.91 Å². The molecule has 0 bridgehead atoms. The SMILES string of the molecule is NC(=O)COC1COC2C(Nc3nccc(C4CCCC4)n3)COC12. The number of nitrogens with zero attached hydrogens (tertiary/aromatic N) is 2. The fraction of sp³-hybridized carbons (Fsp3) is 0.706. The summed E-state index contributed by atoms with van der Waals surface area (Å²) in [5.74, 6) is 0.669. The Morgan fingerprint density at radius 3 is 2.88 bits per heavy atom. The van der Waals surface area contributed by atoms with Gasteiger partial charge in [-0.1, -0.05) is 12.8 Å². The molecule has 136 valence electrons. The fourth-order valence-corrected chi connectivity index (χ4v) is 3.98. The van der Waals surface area contributed by atoms with Gasteiger partial charge in [-0.25, -0.2) is 9.97 Å². The van der Waals surface area contributed by atoms with Crippen LogP contribution in [0.1, 0.15) is 37.3 Å². The van der Waals surface area contributed by atoms with E-state index in [2.05, 4.69) is 15.3 Å². The van der Waals surface area contributed by atoms with Gasteiger partial charge in [-0.15, -0.1) is 0 Å². The van der Waals surface area contributed by atoms with E-state index in [1.807, 2.05) is 12.3 Å². The molecule has 4 atom stereocenters. The van der Waals surface area contributed by atoms with E-state index in [0.717, 1.165) is 5.69 Å². The van der Waals surface area contributed by atoms with Crippen LogP contribution in [0.2, 0.25) is 0 Å². The van der Waals surface area contributed by atoms with Crippen LogP contribution in [0.15, 0.2) is 12.3 Å². The number of hydrogen-bond acceptors (Lipinski definition) is 7. The van der Waals surface area contributed by atoms with Crippen LogP contribution in [-0.2, 0) is 19.0 Å². The van der Waals surface area contributed by atoms with Crippen molar-refractivity contribution in [3.8, 4) is 0 Å². The van der Waals surface area contributed by atoms with E-state index >= 15 is 0 Å². The topological polar surface area (TPSA) is 109 Å². The van der Waals surface area contributed by atoms with E-state index in [1.54, 1.807) is 0 Å². The second-order valence-corrected chi connectivity index (χ2v) is 6.95. The molecule has 25 heavy (non-hydrogen) atoms. The van der Waals surface area contributed by atoms with Crippen molar-refractivity contribution in [2.45, 2.75) is 56.0 Å². The van der Waals surface area contributed by atoms with Gasteiger partial charge in [-0.2, -0.15) is 0 Å². The van der Waals surface area contributed by atoms with Gasteiger partial charge in [0.1, 0.15) is 24.9 Å². The third-order valence-corrected chi connectivity index (χ3v) is 5.21. The lowest BCUT2D eigenvalue weighted by Gasteiger charge is -2.18. The summed E-state index contributed by atoms with van der Waals surface area (Å²) < 4.78 is 17.1. The predicted octanol–water partition coefficient (Wildman–Crippen LogP) is 0.583. The van der Waals surface area contributed by atoms with Gasteiger partial charge in [-0.3, -0.25) is 4.79 Å². The molecule has 1 aliphatic carbocycles. The molecule has 3 aliphatic rings. The number of carbonyl (C=O) groups excluding carboxylic acids is 1. The van der Waals surface area contributed by atoms with Crippen LogP contribution < -0.4 is 11.1 Å². The summed E-state index contributed by atoms with van der Waals surface area (Å²) in [4.78, 5) is 19.9. The van der Waals surface area contributed by atoms with Gasteiger partial charge in [-0.05, 0) is 18.9 Å². The predicted molar refractivity (Wildman–Crippen MR) is 89.1 cm³/mol. The molecule has 1 saturated carbocycles. The Bertz CT molecular complexity index is 622. The van der Waals surface area contributed by atoms with E-state index in [-0.39, 0.29) is 31.0 Å². The zero-order valence-electron chi connectivity index (χ0n) is 14.1. The second-order valence-electron chi connectivity index (χ2n) is 6.95. The Morgan fingerprint density at radius 1 is 1.28 bits per heavy atom. The van der Waals surface area contributed by atoms with Crippen LogP contribution in [-0.4, -0.2) is 60.0 Å². The summed E-state index contributed by atoms with van der Waals surface area (Å²) >= 11 is 0. The van der Waals surface area contributed by atoms with Crippen molar-refractivity contribution in [1.29, 1.82) is 0 Å². The Morgan fingerprint density at radius 2 is 2.08 bits per heavy atom. The summed E-state index contributed by atoms with van der Waals surface area (Å²) in [6.07, 6.45) is 6.16. The molecule has 3 N–H and O–H groups in total. The van der Waals surface area contributed by atoms with Crippen LogP contribution >= 0.6 is 0 Å². The van der Waals surface area contributed by atoms with Gasteiger partial charge in [0.15, 0.2) is 0 Å². The molecule has 3 fully saturated rings. The van der Waals surface area contributed by atoms with Gasteiger partial charge in [0.05, 0.1) is 19.3 Å². The monoisotopic (exact) mass is 348 g/mol. The number of amides is 1. The zero-order valence-corrected chi connectivity index (χ0v) is 14.1. The molecule has 1 aromatic rings. The molecule has 0 radical (unpaired) electrons. The largest absolute Gasteiger partial charge is 0.370 e. The highest BCUT2D eigenvalue weighted by Gasteiger charge is 2.48. The molecule has 1 aromatic heterocycles. The maximum atomic E-state index is 10.9. The fourth-order valence-electron chi connectivity index (χ4n) is 3.98. The highest BCUT2D eigenvalue weighted by molar-refractivity contribution is 5.75. The van der Waals surface area contributed by atoms with Gasteiger partial charge >= 0.3 is 0 Å². The number of aromatic nitrogens is 2. The highest BCUT2D eigenvalue weighted by Crippen LogP contribution is 2.34. The molecule has 2 aliphatic heterocycles. The second kappa shape index (κ2) is 7.23. The number of primary amides is 1. The van der Waals surface area contributed by atoms with E-state index in [1.165, 1.54) is 25.7 Å². The van der Waals surface area contributed by atoms with Gasteiger partial charge in [0.2, 0.25) is 11.9 Å². The normalized spacial score (nSPS) is 32.0. The quantitative estimate of drug-likeness (QED) is 0.774. The Labute approximate surface area is 146 Å². The molecule has 0 aromatic carbocycles. The first kappa shape index (κ1) is 16.7. The number of carbonyl (C=O) groups is 1. The number of ether oxygens (including phenoxy) is 3. The Kier molecular flexibility index (Phi) is 4.82. The first-order valence-corrected chi connectivity index (χ1v) is 8.93. The summed E-state index contributed by atoms with van der Waals surface area (Å²) in [7, 11) is 0. The first-order chi connectivity index (χ1) is 12.2. The van der Waals surface area contributed by atoms with Crippen LogP contribution in [0.3, 0.4) is 0 Å². The highest BCUT2D eigenvalue weighted by atomic mass is 16.6. The van der Waals surface area contributed by atoms with Crippen LogP contribution in [0.5, 0.6) is 0 Å². The third kappa shape index (κ3) is 3.61. The minimum Gasteiger partial charge on any atom is -0.370 e. The van der Waals surface area contributed by atoms with Crippen LogP contribution in [0, 0.1) is 0 Å². The molecule has 8 nitrogen and oxygen atoms in total. The summed E-state index contributed by atoms with van der Waals surface area (Å²) in [6.45, 7) is 0.762. The van der Waals surface area contributed by atoms with E-state index in [4.69, 9.17) is 19.9 Å². The number of nitrogens with one attached hydrogen (secondary N) is 1. The standard InChI is InChI=1S/C17H24N4O4/c18-14(22)9-23-13-8-25-15-12(7-24-16(13)15)21-17-19-6-5-11(20-17)10-3-1-2-4-10/h5-6,10,12-13,15-16H,1-4,7-9H2,(H2,18,22)(H,19,20,21). The maximum absolute atomic E-state index is 10.9. The van der Waals surface area contributed by atoms with Crippen molar-refractivity contribution in [2.75, 3.05) is 25.1 Å². The van der Waals surface area contributed by atoms with Crippen molar-refractivity contribution in [2.24, 2.45) is 5.73 Å². The third-order valence-electron chi connectivity index (χ3n) is 5.21. The van der Waals surface area contributed by atoms with Gasteiger partial charge in [0, 0.05) is 17.8 Å². The van der Waals surface area contributed by atoms with Crippen LogP contribution in [0.25, 0.3) is 0 Å². The number of rotatable bonds is 6. The summed E-state index contributed by atoms with van der Waals surface area (Å²) in [5.41, 5.74) is 6.24. The Balaban J connectivity index is 1.37. The van der Waals surface area contributed by atoms with Crippen molar-refractivity contribution in [3.63, 3.8) is 0 Å². The molecular formula is C17H24N4O4. The average molecular weight is 348 g/mol.